The van der Waals surface area contributed by atoms with Crippen LogP contribution >= 0.6 is 0 Å². The number of pyridine rings is 2. The van der Waals surface area contributed by atoms with Gasteiger partial charge < -0.3 is 36.1 Å². The molecule has 0 bridgehead atoms. The maximum Gasteiger partial charge on any atom is 0.424 e. The zero-order valence-corrected chi connectivity index (χ0v) is 27.0. The molecule has 1 aliphatic heterocycles. The summed E-state index contributed by atoms with van der Waals surface area (Å²) >= 11 is 0. The van der Waals surface area contributed by atoms with Crippen molar-refractivity contribution >= 4 is 28.6 Å². The van der Waals surface area contributed by atoms with Gasteiger partial charge in [-0.3, -0.25) is 19.4 Å². The minimum absolute atomic E-state index is 0.0345. The number of halogens is 4. The average molecular weight is 700 g/mol. The Morgan fingerprint density at radius 2 is 1.74 bits per heavy atom. The molecule has 2 aromatic carbocycles. The molecular weight excluding hydrogens is 666 g/mol. The minimum atomic E-state index is -5.43. The van der Waals surface area contributed by atoms with Gasteiger partial charge in [0, 0.05) is 34.8 Å². The number of carbonyl (C=O) groups excluding carboxylic acids is 3. The highest BCUT2D eigenvalue weighted by molar-refractivity contribution is 6.00. The van der Waals surface area contributed by atoms with Crippen molar-refractivity contribution in [1.82, 2.24) is 20.6 Å². The second-order valence-electron chi connectivity index (χ2n) is 12.7. The highest BCUT2D eigenvalue weighted by Gasteiger charge is 2.57. The smallest absolute Gasteiger partial charge is 0.424 e. The van der Waals surface area contributed by atoms with Crippen LogP contribution in [0.5, 0.6) is 11.5 Å². The zero-order chi connectivity index (χ0) is 36.6. The first kappa shape index (κ1) is 35.9. The van der Waals surface area contributed by atoms with Crippen molar-refractivity contribution in [3.8, 4) is 22.8 Å². The van der Waals surface area contributed by atoms with Crippen LogP contribution in [0.1, 0.15) is 42.4 Å². The molecule has 1 aliphatic rings. The van der Waals surface area contributed by atoms with E-state index in [1.807, 2.05) is 0 Å². The molecule has 6 N–H and O–H groups in total. The summed E-state index contributed by atoms with van der Waals surface area (Å²) in [6, 6.07) is 11.1. The molecule has 0 saturated heterocycles. The standard InChI is InChI=1S/C34H33F4N5O7/c1-31(2,47)15-41-25(44)14-49-23-12-20(11-19-5-4-10-40-26(19)23)29(45)42-16-33(48,34(36,37)38)24-13-22-28(50-17-32(22,3)30(39)46)27(43-24)18-6-8-21(35)9-7-18/h4-13,47-48H,14-17H2,1-3H3,(H2,39,46)(H,41,44)(H,42,45)/t32-,33?/m0/s1. The SMILES string of the molecule is CC(C)(O)CNC(=O)COc1cc(C(=O)NCC(O)(c2cc3c(c(-c4ccc(F)cc4)n2)OC[C@]3(C)C(N)=O)C(F)(F)F)cc2cccnc12. The number of fused-ring (bicyclic) bond motifs is 2. The Kier molecular flexibility index (Phi) is 9.47. The first-order valence-electron chi connectivity index (χ1n) is 15.1. The first-order chi connectivity index (χ1) is 23.3. The molecule has 0 saturated carbocycles. The van der Waals surface area contributed by atoms with Gasteiger partial charge in [0.2, 0.25) is 11.5 Å². The Balaban J connectivity index is 1.49. The van der Waals surface area contributed by atoms with Crippen LogP contribution in [0, 0.1) is 5.82 Å². The largest absolute Gasteiger partial charge is 0.489 e. The molecular formula is C34H33F4N5O7. The predicted molar refractivity (Wildman–Crippen MR) is 171 cm³/mol. The van der Waals surface area contributed by atoms with Crippen LogP contribution < -0.4 is 25.8 Å². The van der Waals surface area contributed by atoms with E-state index in [0.29, 0.717) is 5.39 Å². The normalized spacial score (nSPS) is 17.0. The lowest BCUT2D eigenvalue weighted by molar-refractivity contribution is -0.265. The number of hydrogen-bond acceptors (Lipinski definition) is 9. The van der Waals surface area contributed by atoms with Crippen LogP contribution in [-0.4, -0.2) is 76.0 Å². The van der Waals surface area contributed by atoms with E-state index < -0.39 is 65.2 Å². The molecule has 50 heavy (non-hydrogen) atoms. The summed E-state index contributed by atoms with van der Waals surface area (Å²) in [7, 11) is 0. The predicted octanol–water partition coefficient (Wildman–Crippen LogP) is 3.02. The fraction of sp³-hybridized carbons (Fsp3) is 0.324. The van der Waals surface area contributed by atoms with E-state index >= 15 is 0 Å². The highest BCUT2D eigenvalue weighted by Crippen LogP contribution is 2.47. The van der Waals surface area contributed by atoms with Crippen molar-refractivity contribution in [2.75, 3.05) is 26.3 Å². The third kappa shape index (κ3) is 7.16. The van der Waals surface area contributed by atoms with Crippen LogP contribution in [0.3, 0.4) is 0 Å². The van der Waals surface area contributed by atoms with E-state index in [2.05, 4.69) is 20.6 Å². The molecule has 0 radical (unpaired) electrons. The van der Waals surface area contributed by atoms with E-state index in [4.69, 9.17) is 15.2 Å². The average Bonchev–Trinajstić information content (AvgIpc) is 3.41. The number of aliphatic hydroxyl groups is 2. The number of ether oxygens (including phenoxy) is 2. The molecule has 16 heteroatoms. The second-order valence-corrected chi connectivity index (χ2v) is 12.7. The fourth-order valence-electron chi connectivity index (χ4n) is 5.16. The number of primary amides is 1. The van der Waals surface area contributed by atoms with Gasteiger partial charge in [0.1, 0.15) is 40.5 Å². The molecule has 1 unspecified atom stereocenters. The van der Waals surface area contributed by atoms with Gasteiger partial charge >= 0.3 is 6.18 Å². The number of nitrogens with zero attached hydrogens (tertiary/aromatic N) is 2. The molecule has 4 aromatic rings. The van der Waals surface area contributed by atoms with Crippen molar-refractivity contribution in [2.24, 2.45) is 5.73 Å². The lowest BCUT2D eigenvalue weighted by atomic mass is 9.81. The summed E-state index contributed by atoms with van der Waals surface area (Å²) < 4.78 is 69.5. The molecule has 264 valence electrons. The molecule has 3 heterocycles. The third-order valence-electron chi connectivity index (χ3n) is 8.14. The Hall–Kier alpha value is -5.35. The van der Waals surface area contributed by atoms with Crippen LogP contribution in [-0.2, 0) is 20.6 Å². The van der Waals surface area contributed by atoms with E-state index in [-0.39, 0.29) is 52.6 Å². The zero-order valence-electron chi connectivity index (χ0n) is 27.0. The lowest BCUT2D eigenvalue weighted by Crippen LogP contribution is -2.51. The summed E-state index contributed by atoms with van der Waals surface area (Å²) in [5, 5.41) is 26.1. The number of carbonyl (C=O) groups is 3. The minimum Gasteiger partial charge on any atom is -0.489 e. The number of nitrogens with two attached hydrogens (primary N) is 1. The van der Waals surface area contributed by atoms with Gasteiger partial charge in [-0.2, -0.15) is 13.2 Å². The monoisotopic (exact) mass is 699 g/mol. The van der Waals surface area contributed by atoms with Crippen molar-refractivity contribution in [3.63, 3.8) is 0 Å². The summed E-state index contributed by atoms with van der Waals surface area (Å²) in [6.07, 6.45) is -3.99. The lowest BCUT2D eigenvalue weighted by Gasteiger charge is -2.31. The number of amides is 3. The highest BCUT2D eigenvalue weighted by atomic mass is 19.4. The van der Waals surface area contributed by atoms with E-state index in [1.54, 1.807) is 12.1 Å². The molecule has 12 nitrogen and oxygen atoms in total. The Labute approximate surface area is 282 Å². The molecule has 0 fully saturated rings. The van der Waals surface area contributed by atoms with Crippen molar-refractivity contribution in [2.45, 2.75) is 43.6 Å². The fourth-order valence-corrected chi connectivity index (χ4v) is 5.16. The quantitative estimate of drug-likeness (QED) is 0.147. The summed E-state index contributed by atoms with van der Waals surface area (Å²) in [6.45, 7) is 1.97. The van der Waals surface area contributed by atoms with Gasteiger partial charge in [0.05, 0.1) is 17.8 Å². The number of alkyl halides is 3. The third-order valence-corrected chi connectivity index (χ3v) is 8.14. The first-order valence-corrected chi connectivity index (χ1v) is 15.1. The summed E-state index contributed by atoms with van der Waals surface area (Å²) in [5.41, 5.74) is -2.10. The number of nitrogens with one attached hydrogen (secondary N) is 2. The van der Waals surface area contributed by atoms with Crippen LogP contribution in [0.25, 0.3) is 22.2 Å². The number of benzene rings is 2. The van der Waals surface area contributed by atoms with Gasteiger partial charge in [-0.05, 0) is 69.3 Å². The van der Waals surface area contributed by atoms with Crippen molar-refractivity contribution < 1.29 is 51.6 Å². The molecule has 2 atom stereocenters. The van der Waals surface area contributed by atoms with Crippen LogP contribution in [0.4, 0.5) is 17.6 Å². The Morgan fingerprint density at radius 3 is 2.38 bits per heavy atom. The van der Waals surface area contributed by atoms with E-state index in [9.17, 15) is 42.2 Å². The number of rotatable bonds is 11. The summed E-state index contributed by atoms with van der Waals surface area (Å²) in [5.74, 6) is -3.30. The maximum atomic E-state index is 14.8. The molecule has 5 rings (SSSR count). The molecule has 0 spiro atoms. The Morgan fingerprint density at radius 1 is 1.04 bits per heavy atom. The number of hydrogen-bond donors (Lipinski definition) is 5. The van der Waals surface area contributed by atoms with Gasteiger partial charge in [0.15, 0.2) is 6.61 Å². The van der Waals surface area contributed by atoms with E-state index in [1.165, 1.54) is 51.2 Å². The molecule has 0 aliphatic carbocycles. The van der Waals surface area contributed by atoms with Crippen molar-refractivity contribution in [3.05, 3.63) is 83.4 Å². The maximum absolute atomic E-state index is 14.8. The van der Waals surface area contributed by atoms with E-state index in [0.717, 1.165) is 18.2 Å². The molecule has 3 amide bonds. The topological polar surface area (TPSA) is 186 Å². The summed E-state index contributed by atoms with van der Waals surface area (Å²) in [4.78, 5) is 46.4. The van der Waals surface area contributed by atoms with Gasteiger partial charge in [-0.1, -0.05) is 6.07 Å². The van der Waals surface area contributed by atoms with Gasteiger partial charge in [0.25, 0.3) is 11.8 Å². The Bertz CT molecular complexity index is 1970. The van der Waals surface area contributed by atoms with Crippen LogP contribution in [0.2, 0.25) is 0 Å². The van der Waals surface area contributed by atoms with Crippen LogP contribution in [0.15, 0.2) is 60.8 Å². The molecule has 2 aromatic heterocycles. The van der Waals surface area contributed by atoms with Gasteiger partial charge in [-0.25, -0.2) is 9.37 Å². The van der Waals surface area contributed by atoms with Gasteiger partial charge in [-0.15, -0.1) is 0 Å². The second kappa shape index (κ2) is 13.2. The number of aromatic nitrogens is 2. The van der Waals surface area contributed by atoms with Crippen molar-refractivity contribution in [1.29, 1.82) is 0 Å².